The molecule has 0 unspecified atom stereocenters. The van der Waals surface area contributed by atoms with Crippen molar-refractivity contribution in [2.24, 2.45) is 0 Å². The van der Waals surface area contributed by atoms with Crippen LogP contribution in [-0.4, -0.2) is 16.7 Å². The van der Waals surface area contributed by atoms with Crippen molar-refractivity contribution in [3.63, 3.8) is 0 Å². The van der Waals surface area contributed by atoms with E-state index in [-0.39, 0.29) is 17.0 Å². The van der Waals surface area contributed by atoms with Crippen molar-refractivity contribution in [3.05, 3.63) is 23.3 Å². The molecule has 0 radical (unpaired) electrons. The van der Waals surface area contributed by atoms with Gasteiger partial charge in [-0.3, -0.25) is 0 Å². The fraction of sp³-hybridized carbons (Fsp3) is 0.500. The maximum Gasteiger partial charge on any atom is 0.413 e. The Balaban J connectivity index is 2.12. The summed E-state index contributed by atoms with van der Waals surface area (Å²) in [4.78, 5) is 11.6. The van der Waals surface area contributed by atoms with Gasteiger partial charge in [0.15, 0.2) is 11.5 Å². The van der Waals surface area contributed by atoms with E-state index in [4.69, 9.17) is 4.74 Å². The molecule has 1 aliphatic carbocycles. The van der Waals surface area contributed by atoms with E-state index in [2.05, 4.69) is 5.32 Å². The Morgan fingerprint density at radius 2 is 1.89 bits per heavy atom. The second-order valence-corrected chi connectivity index (χ2v) is 5.71. The Morgan fingerprint density at radius 1 is 1.28 bits per heavy atom. The first-order chi connectivity index (χ1) is 8.35. The molecule has 18 heavy (non-hydrogen) atoms. The summed E-state index contributed by atoms with van der Waals surface area (Å²) >= 11 is 0. The number of phenolic OH excluding ortho intramolecular Hbond substituents is 1. The molecule has 2 N–H and O–H groups in total. The molecule has 0 heterocycles. The molecule has 0 spiro atoms. The Labute approximate surface area is 107 Å². The zero-order valence-electron chi connectivity index (χ0n) is 11.0. The number of rotatable bonds is 1. The van der Waals surface area contributed by atoms with Crippen LogP contribution in [-0.2, 0) is 12.8 Å². The number of aromatic hydroxyl groups is 1. The van der Waals surface area contributed by atoms with E-state index in [1.165, 1.54) is 0 Å². The van der Waals surface area contributed by atoms with E-state index in [1.807, 2.05) is 20.8 Å². The van der Waals surface area contributed by atoms with Crippen LogP contribution in [0, 0.1) is 0 Å². The minimum Gasteiger partial charge on any atom is -0.504 e. The summed E-state index contributed by atoms with van der Waals surface area (Å²) in [6, 6.07) is 3.46. The number of phenols is 1. The van der Waals surface area contributed by atoms with E-state index in [1.54, 1.807) is 12.1 Å². The topological polar surface area (TPSA) is 58.6 Å². The van der Waals surface area contributed by atoms with Crippen LogP contribution in [0.4, 0.5) is 4.79 Å². The number of hydrogen-bond acceptors (Lipinski definition) is 3. The molecular formula is C14H19NO3. The lowest BCUT2D eigenvalue weighted by molar-refractivity contribution is 0.189. The van der Waals surface area contributed by atoms with Gasteiger partial charge in [0.2, 0.25) is 0 Å². The number of ether oxygens (including phenoxy) is 1. The third-order valence-corrected chi connectivity index (χ3v) is 2.85. The molecule has 0 fully saturated rings. The third-order valence-electron chi connectivity index (χ3n) is 2.85. The highest BCUT2D eigenvalue weighted by Crippen LogP contribution is 2.34. The summed E-state index contributed by atoms with van der Waals surface area (Å²) < 4.78 is 5.15. The molecule has 0 aromatic heterocycles. The zero-order chi connectivity index (χ0) is 13.3. The molecule has 0 saturated heterocycles. The van der Waals surface area contributed by atoms with Gasteiger partial charge in [-0.25, -0.2) is 4.79 Å². The highest BCUT2D eigenvalue weighted by atomic mass is 16.6. The molecule has 1 aromatic rings. The molecule has 2 rings (SSSR count). The summed E-state index contributed by atoms with van der Waals surface area (Å²) in [6.07, 6.45) is 2.51. The van der Waals surface area contributed by atoms with Crippen LogP contribution >= 0.6 is 0 Å². The van der Waals surface area contributed by atoms with Gasteiger partial charge < -0.3 is 15.2 Å². The second-order valence-electron chi connectivity index (χ2n) is 5.71. The maximum absolute atomic E-state index is 11.6. The molecule has 1 aromatic carbocycles. The lowest BCUT2D eigenvalue weighted by Crippen LogP contribution is -2.42. The number of hydrogen-bond donors (Lipinski definition) is 2. The Kier molecular flexibility index (Phi) is 3.20. The third kappa shape index (κ3) is 2.94. The SMILES string of the molecule is CC(C)(C)NC(=O)Oc1cc2c(cc1O)CCC2. The van der Waals surface area contributed by atoms with Gasteiger partial charge in [-0.2, -0.15) is 0 Å². The summed E-state index contributed by atoms with van der Waals surface area (Å²) in [5.74, 6) is 0.261. The van der Waals surface area contributed by atoms with Crippen molar-refractivity contribution in [1.29, 1.82) is 0 Å². The number of carbonyl (C=O) groups excluding carboxylic acids is 1. The van der Waals surface area contributed by atoms with Crippen LogP contribution in [0.3, 0.4) is 0 Å². The van der Waals surface area contributed by atoms with Gasteiger partial charge in [-0.05, 0) is 63.3 Å². The van der Waals surface area contributed by atoms with Crippen LogP contribution in [0.1, 0.15) is 38.3 Å². The number of aryl methyl sites for hydroxylation is 2. The van der Waals surface area contributed by atoms with Gasteiger partial charge in [-0.1, -0.05) is 0 Å². The van der Waals surface area contributed by atoms with Crippen molar-refractivity contribution >= 4 is 6.09 Å². The molecule has 0 atom stereocenters. The van der Waals surface area contributed by atoms with Crippen LogP contribution in [0.5, 0.6) is 11.5 Å². The molecule has 0 aliphatic heterocycles. The van der Waals surface area contributed by atoms with E-state index in [9.17, 15) is 9.90 Å². The average Bonchev–Trinajstić information content (AvgIpc) is 2.62. The fourth-order valence-electron chi connectivity index (χ4n) is 2.10. The number of benzene rings is 1. The van der Waals surface area contributed by atoms with Gasteiger partial charge in [0, 0.05) is 5.54 Å². The van der Waals surface area contributed by atoms with E-state index >= 15 is 0 Å². The number of nitrogens with one attached hydrogen (secondary N) is 1. The molecular weight excluding hydrogens is 230 g/mol. The van der Waals surface area contributed by atoms with Gasteiger partial charge in [0.1, 0.15) is 0 Å². The number of amides is 1. The van der Waals surface area contributed by atoms with Crippen molar-refractivity contribution in [2.45, 2.75) is 45.6 Å². The van der Waals surface area contributed by atoms with Gasteiger partial charge in [0.05, 0.1) is 0 Å². The van der Waals surface area contributed by atoms with Crippen LogP contribution in [0.15, 0.2) is 12.1 Å². The summed E-state index contributed by atoms with van der Waals surface area (Å²) in [5, 5.41) is 12.5. The maximum atomic E-state index is 11.6. The lowest BCUT2D eigenvalue weighted by atomic mass is 10.1. The standard InChI is InChI=1S/C14H19NO3/c1-14(2,3)15-13(17)18-12-8-10-6-4-5-9(10)7-11(12)16/h7-8,16H,4-6H2,1-3H3,(H,15,17). The number of fused-ring (bicyclic) bond motifs is 1. The minimum atomic E-state index is -0.546. The highest BCUT2D eigenvalue weighted by molar-refractivity contribution is 5.72. The van der Waals surface area contributed by atoms with Gasteiger partial charge >= 0.3 is 6.09 Å². The quantitative estimate of drug-likeness (QED) is 0.804. The first-order valence-electron chi connectivity index (χ1n) is 6.20. The van der Waals surface area contributed by atoms with E-state index < -0.39 is 6.09 Å². The Morgan fingerprint density at radius 3 is 2.50 bits per heavy atom. The molecule has 1 aliphatic rings. The molecule has 4 heteroatoms. The first kappa shape index (κ1) is 12.7. The van der Waals surface area contributed by atoms with Crippen LogP contribution in [0.2, 0.25) is 0 Å². The fourth-order valence-corrected chi connectivity index (χ4v) is 2.10. The summed E-state index contributed by atoms with van der Waals surface area (Å²) in [6.45, 7) is 5.62. The van der Waals surface area contributed by atoms with Crippen molar-refractivity contribution in [1.82, 2.24) is 5.32 Å². The molecule has 4 nitrogen and oxygen atoms in total. The zero-order valence-corrected chi connectivity index (χ0v) is 11.0. The predicted molar refractivity (Wildman–Crippen MR) is 69.0 cm³/mol. The Hall–Kier alpha value is -1.71. The van der Waals surface area contributed by atoms with Gasteiger partial charge in [-0.15, -0.1) is 0 Å². The highest BCUT2D eigenvalue weighted by Gasteiger charge is 2.19. The molecule has 0 saturated carbocycles. The second kappa shape index (κ2) is 4.52. The first-order valence-corrected chi connectivity index (χ1v) is 6.20. The van der Waals surface area contributed by atoms with Crippen LogP contribution < -0.4 is 10.1 Å². The minimum absolute atomic E-state index is 0.0275. The van der Waals surface area contributed by atoms with Crippen molar-refractivity contribution < 1.29 is 14.6 Å². The van der Waals surface area contributed by atoms with Crippen molar-refractivity contribution in [2.75, 3.05) is 0 Å². The van der Waals surface area contributed by atoms with E-state index in [0.29, 0.717) is 0 Å². The average molecular weight is 249 g/mol. The Bertz CT molecular complexity index is 475. The number of carbonyl (C=O) groups is 1. The van der Waals surface area contributed by atoms with E-state index in [0.717, 1.165) is 30.4 Å². The molecule has 0 bridgehead atoms. The van der Waals surface area contributed by atoms with Crippen molar-refractivity contribution in [3.8, 4) is 11.5 Å². The summed E-state index contributed by atoms with van der Waals surface area (Å²) in [7, 11) is 0. The normalized spacial score (nSPS) is 14.2. The molecule has 98 valence electrons. The summed E-state index contributed by atoms with van der Waals surface area (Å²) in [5.41, 5.74) is 1.95. The molecule has 1 amide bonds. The monoisotopic (exact) mass is 249 g/mol. The largest absolute Gasteiger partial charge is 0.504 e. The van der Waals surface area contributed by atoms with Crippen LogP contribution in [0.25, 0.3) is 0 Å². The van der Waals surface area contributed by atoms with Gasteiger partial charge in [0.25, 0.3) is 0 Å². The smallest absolute Gasteiger partial charge is 0.413 e. The lowest BCUT2D eigenvalue weighted by Gasteiger charge is -2.20. The predicted octanol–water partition coefficient (Wildman–Crippen LogP) is 2.77.